The van der Waals surface area contributed by atoms with E-state index in [0.29, 0.717) is 0 Å². The van der Waals surface area contributed by atoms with Crippen LogP contribution in [0.25, 0.3) is 6.08 Å². The summed E-state index contributed by atoms with van der Waals surface area (Å²) < 4.78 is 15.3. The summed E-state index contributed by atoms with van der Waals surface area (Å²) in [6.07, 6.45) is 5.89. The summed E-state index contributed by atoms with van der Waals surface area (Å²) >= 11 is -3.37. The molecule has 0 saturated heterocycles. The molecule has 2 heteroatoms. The summed E-state index contributed by atoms with van der Waals surface area (Å²) in [7, 11) is 0. The fourth-order valence-corrected chi connectivity index (χ4v) is 7.27. The summed E-state index contributed by atoms with van der Waals surface area (Å²) in [4.78, 5) is 1.90. The molecule has 0 N–H and O–H groups in total. The SMILES string of the molecule is O=[As]1(c2ccccc2)C=CC=Cc2ccccc21. The van der Waals surface area contributed by atoms with Crippen molar-refractivity contribution in [1.82, 2.24) is 0 Å². The summed E-state index contributed by atoms with van der Waals surface area (Å²) in [5.41, 5.74) is 1.06. The Hall–Kier alpha value is -1.72. The van der Waals surface area contributed by atoms with Crippen molar-refractivity contribution in [2.24, 2.45) is 0 Å². The Morgan fingerprint density at radius 1 is 0.778 bits per heavy atom. The molecule has 1 aliphatic rings. The van der Waals surface area contributed by atoms with Crippen molar-refractivity contribution in [2.45, 2.75) is 0 Å². The van der Waals surface area contributed by atoms with E-state index in [9.17, 15) is 3.74 Å². The quantitative estimate of drug-likeness (QED) is 0.738. The Balaban J connectivity index is 2.28. The molecule has 0 radical (unpaired) electrons. The van der Waals surface area contributed by atoms with Crippen molar-refractivity contribution in [1.29, 1.82) is 0 Å². The fourth-order valence-electron chi connectivity index (χ4n) is 2.22. The Bertz CT molecular complexity index is 669. The van der Waals surface area contributed by atoms with Gasteiger partial charge >= 0.3 is 109 Å². The van der Waals surface area contributed by atoms with Crippen molar-refractivity contribution >= 4 is 28.3 Å². The number of benzene rings is 2. The fraction of sp³-hybridized carbons (Fsp3) is 0. The Morgan fingerprint density at radius 2 is 1.50 bits per heavy atom. The molecule has 1 nitrogen and oxygen atoms in total. The van der Waals surface area contributed by atoms with Gasteiger partial charge in [-0.25, -0.2) is 0 Å². The van der Waals surface area contributed by atoms with Crippen LogP contribution in [0.3, 0.4) is 0 Å². The van der Waals surface area contributed by atoms with Crippen LogP contribution >= 0.6 is 0 Å². The molecule has 0 aromatic heterocycles. The molecule has 0 fully saturated rings. The molecule has 3 rings (SSSR count). The monoisotopic (exact) mass is 296 g/mol. The van der Waals surface area contributed by atoms with E-state index in [1.54, 1.807) is 0 Å². The number of hydrogen-bond acceptors (Lipinski definition) is 1. The third-order valence-electron chi connectivity index (χ3n) is 3.12. The first kappa shape index (κ1) is 11.4. The minimum atomic E-state index is -3.37. The van der Waals surface area contributed by atoms with Crippen LogP contribution in [0.15, 0.2) is 71.6 Å². The predicted molar refractivity (Wildman–Crippen MR) is 76.8 cm³/mol. The van der Waals surface area contributed by atoms with Crippen LogP contribution in [0.4, 0.5) is 0 Å². The molecule has 1 atom stereocenters. The molecule has 2 aromatic carbocycles. The average Bonchev–Trinajstić information content (AvgIpc) is 2.61. The first-order chi connectivity index (χ1) is 8.81. The zero-order valence-corrected chi connectivity index (χ0v) is 11.7. The molecule has 18 heavy (non-hydrogen) atoms. The third kappa shape index (κ3) is 1.81. The van der Waals surface area contributed by atoms with E-state index in [0.717, 1.165) is 14.3 Å². The van der Waals surface area contributed by atoms with Gasteiger partial charge in [0, 0.05) is 0 Å². The van der Waals surface area contributed by atoms with Gasteiger partial charge in [0.05, 0.1) is 0 Å². The normalized spacial score (nSPS) is 21.3. The van der Waals surface area contributed by atoms with Gasteiger partial charge in [-0.15, -0.1) is 0 Å². The van der Waals surface area contributed by atoms with E-state index < -0.39 is 13.5 Å². The molecule has 2 aromatic rings. The van der Waals surface area contributed by atoms with Gasteiger partial charge in [0.1, 0.15) is 0 Å². The topological polar surface area (TPSA) is 17.1 Å². The molecule has 0 bridgehead atoms. The van der Waals surface area contributed by atoms with Crippen LogP contribution in [0, 0.1) is 0 Å². The average molecular weight is 296 g/mol. The molecular formula is C16H13AsO. The van der Waals surface area contributed by atoms with Crippen LogP contribution in [-0.2, 0) is 3.74 Å². The second-order valence-electron chi connectivity index (χ2n) is 4.25. The van der Waals surface area contributed by atoms with E-state index in [1.807, 2.05) is 77.7 Å². The molecule has 0 amide bonds. The summed E-state index contributed by atoms with van der Waals surface area (Å²) in [5.74, 6) is 0. The summed E-state index contributed by atoms with van der Waals surface area (Å²) in [5, 5.41) is 0. The van der Waals surface area contributed by atoms with Crippen molar-refractivity contribution < 1.29 is 3.74 Å². The van der Waals surface area contributed by atoms with Gasteiger partial charge in [0.15, 0.2) is 0 Å². The maximum atomic E-state index is 13.4. The van der Waals surface area contributed by atoms with Crippen LogP contribution in [0.5, 0.6) is 0 Å². The molecule has 1 heterocycles. The minimum absolute atomic E-state index is 0.947. The van der Waals surface area contributed by atoms with Crippen LogP contribution in [0.2, 0.25) is 0 Å². The van der Waals surface area contributed by atoms with Crippen molar-refractivity contribution in [3.05, 3.63) is 77.2 Å². The molecule has 1 unspecified atom stereocenters. The molecular weight excluding hydrogens is 283 g/mol. The Kier molecular flexibility index (Phi) is 2.85. The number of allylic oxidation sites excluding steroid dienone is 2. The number of rotatable bonds is 1. The first-order valence-electron chi connectivity index (χ1n) is 5.91. The van der Waals surface area contributed by atoms with E-state index in [1.165, 1.54) is 0 Å². The molecule has 0 saturated carbocycles. The van der Waals surface area contributed by atoms with Gasteiger partial charge in [-0.05, 0) is 0 Å². The van der Waals surface area contributed by atoms with Gasteiger partial charge in [-0.3, -0.25) is 0 Å². The zero-order valence-electron chi connectivity index (χ0n) is 9.86. The molecule has 0 aliphatic carbocycles. The Morgan fingerprint density at radius 3 is 2.33 bits per heavy atom. The third-order valence-corrected chi connectivity index (χ3v) is 8.95. The van der Waals surface area contributed by atoms with Gasteiger partial charge in [0.2, 0.25) is 0 Å². The standard InChI is InChI=1S/C16H13AsO/c18-17(15-10-2-1-3-11-15)13-7-6-9-14-8-4-5-12-16(14)17/h1-13H. The Labute approximate surface area is 109 Å². The molecule has 0 spiro atoms. The van der Waals surface area contributed by atoms with E-state index in [4.69, 9.17) is 0 Å². The van der Waals surface area contributed by atoms with Gasteiger partial charge in [-0.1, -0.05) is 0 Å². The van der Waals surface area contributed by atoms with E-state index >= 15 is 0 Å². The summed E-state index contributed by atoms with van der Waals surface area (Å²) in [6, 6.07) is 17.7. The van der Waals surface area contributed by atoms with Crippen LogP contribution < -0.4 is 8.70 Å². The van der Waals surface area contributed by atoms with Gasteiger partial charge in [0.25, 0.3) is 0 Å². The maximum absolute atomic E-state index is 13.4. The van der Waals surface area contributed by atoms with Gasteiger partial charge in [-0.2, -0.15) is 0 Å². The van der Waals surface area contributed by atoms with E-state index in [2.05, 4.69) is 0 Å². The van der Waals surface area contributed by atoms with Crippen LogP contribution in [-0.4, -0.2) is 13.5 Å². The van der Waals surface area contributed by atoms with Gasteiger partial charge < -0.3 is 0 Å². The second-order valence-corrected chi connectivity index (χ2v) is 9.73. The predicted octanol–water partition coefficient (Wildman–Crippen LogP) is 2.30. The van der Waals surface area contributed by atoms with Crippen molar-refractivity contribution in [2.75, 3.05) is 0 Å². The van der Waals surface area contributed by atoms with Crippen LogP contribution in [0.1, 0.15) is 5.56 Å². The number of hydrogen-bond donors (Lipinski definition) is 0. The van der Waals surface area contributed by atoms with Crippen molar-refractivity contribution in [3.8, 4) is 0 Å². The zero-order chi connectivity index (χ0) is 12.4. The van der Waals surface area contributed by atoms with Crippen molar-refractivity contribution in [3.63, 3.8) is 0 Å². The van der Waals surface area contributed by atoms with E-state index in [-0.39, 0.29) is 0 Å². The summed E-state index contributed by atoms with van der Waals surface area (Å²) in [6.45, 7) is 0. The number of fused-ring (bicyclic) bond motifs is 1. The second kappa shape index (κ2) is 4.51. The molecule has 1 aliphatic heterocycles. The first-order valence-corrected chi connectivity index (χ1v) is 9.64. The molecule has 88 valence electrons.